The summed E-state index contributed by atoms with van der Waals surface area (Å²) in [5.74, 6) is -2.53. The van der Waals surface area contributed by atoms with Crippen molar-refractivity contribution in [2.75, 3.05) is 0 Å². The summed E-state index contributed by atoms with van der Waals surface area (Å²) in [5.41, 5.74) is 0. The fourth-order valence-electron chi connectivity index (χ4n) is 0.589. The van der Waals surface area contributed by atoms with Crippen molar-refractivity contribution >= 4 is 121 Å². The van der Waals surface area contributed by atoms with Crippen molar-refractivity contribution in [3.63, 3.8) is 0 Å². The van der Waals surface area contributed by atoms with E-state index in [4.69, 9.17) is 5.11 Å². The molecule has 0 unspecified atom stereocenters. The third kappa shape index (κ3) is 15.6. The van der Waals surface area contributed by atoms with Gasteiger partial charge in [-0.25, -0.2) is 4.79 Å². The summed E-state index contributed by atoms with van der Waals surface area (Å²) in [4.78, 5) is 31.2. The number of carboxylic acids is 1. The second kappa shape index (κ2) is 13.7. The molecule has 7 heteroatoms. The Hall–Kier alpha value is 1.62. The molecule has 0 aromatic rings. The molecular formula is C8H12K2O5. The van der Waals surface area contributed by atoms with Gasteiger partial charge in [0, 0.05) is 18.9 Å². The maximum atomic E-state index is 10.7. The van der Waals surface area contributed by atoms with Crippen LogP contribution in [-0.2, 0) is 19.1 Å². The quantitative estimate of drug-likeness (QED) is 0.305. The van der Waals surface area contributed by atoms with E-state index >= 15 is 0 Å². The van der Waals surface area contributed by atoms with Crippen molar-refractivity contribution in [2.24, 2.45) is 0 Å². The molecule has 0 saturated carbocycles. The Balaban J connectivity index is -0.000000720. The van der Waals surface area contributed by atoms with Crippen LogP contribution >= 0.6 is 0 Å². The number of ether oxygens (including phenoxy) is 1. The Labute approximate surface area is 173 Å². The molecule has 15 heavy (non-hydrogen) atoms. The first kappa shape index (κ1) is 21.9. The van der Waals surface area contributed by atoms with Gasteiger partial charge in [-0.15, -0.1) is 0 Å². The SMILES string of the molecule is C=CC(=O)OC(=O)CCCC(=O)O.[KH].[KH]. The topological polar surface area (TPSA) is 80.7 Å². The van der Waals surface area contributed by atoms with Crippen LogP contribution in [0.2, 0.25) is 0 Å². The van der Waals surface area contributed by atoms with E-state index in [0.29, 0.717) is 0 Å². The molecule has 0 atom stereocenters. The molecule has 0 aliphatic rings. The van der Waals surface area contributed by atoms with Gasteiger partial charge in [-0.2, -0.15) is 0 Å². The van der Waals surface area contributed by atoms with Crippen LogP contribution in [0.25, 0.3) is 0 Å². The number of rotatable bonds is 5. The van der Waals surface area contributed by atoms with Gasteiger partial charge < -0.3 is 9.84 Å². The van der Waals surface area contributed by atoms with Gasteiger partial charge in [0.2, 0.25) is 0 Å². The first-order valence-corrected chi connectivity index (χ1v) is 3.65. The molecule has 1 N–H and O–H groups in total. The van der Waals surface area contributed by atoms with Crippen LogP contribution in [0.5, 0.6) is 0 Å². The predicted octanol–water partition coefficient (Wildman–Crippen LogP) is -0.800. The first-order chi connectivity index (χ1) is 6.06. The van der Waals surface area contributed by atoms with Gasteiger partial charge in [-0.05, 0) is 6.42 Å². The Kier molecular flexibility index (Phi) is 19.9. The first-order valence-electron chi connectivity index (χ1n) is 3.65. The van der Waals surface area contributed by atoms with Crippen LogP contribution in [0, 0.1) is 0 Å². The number of hydrogen-bond acceptors (Lipinski definition) is 4. The van der Waals surface area contributed by atoms with E-state index < -0.39 is 17.9 Å². The van der Waals surface area contributed by atoms with Crippen molar-refractivity contribution in [2.45, 2.75) is 19.3 Å². The van der Waals surface area contributed by atoms with Gasteiger partial charge in [0.1, 0.15) is 0 Å². The summed E-state index contributed by atoms with van der Waals surface area (Å²) in [7, 11) is 0. The van der Waals surface area contributed by atoms with Crippen molar-refractivity contribution in [1.29, 1.82) is 0 Å². The Bertz CT molecular complexity index is 239. The van der Waals surface area contributed by atoms with Gasteiger partial charge in [0.25, 0.3) is 0 Å². The third-order valence-electron chi connectivity index (χ3n) is 1.15. The zero-order chi connectivity index (χ0) is 10.3. The van der Waals surface area contributed by atoms with Crippen molar-refractivity contribution in [3.8, 4) is 0 Å². The standard InChI is InChI=1S/C8H10O5.2K.2H/c1-2-7(11)13-8(12)5-3-4-6(9)10;;;;/h2H,1,3-5H2,(H,9,10);;;;. The zero-order valence-corrected chi connectivity index (χ0v) is 6.99. The summed E-state index contributed by atoms with van der Waals surface area (Å²) < 4.78 is 4.19. The number of carbonyl (C=O) groups is 3. The van der Waals surface area contributed by atoms with E-state index in [-0.39, 0.29) is 122 Å². The predicted molar refractivity (Wildman–Crippen MR) is 57.1 cm³/mol. The van der Waals surface area contributed by atoms with Crippen LogP contribution < -0.4 is 0 Å². The van der Waals surface area contributed by atoms with Crippen LogP contribution in [-0.4, -0.2) is 126 Å². The summed E-state index contributed by atoms with van der Waals surface area (Å²) in [6.07, 6.45) is 0.844. The Morgan fingerprint density at radius 3 is 2.13 bits per heavy atom. The minimum atomic E-state index is -0.983. The van der Waals surface area contributed by atoms with E-state index in [2.05, 4.69) is 11.3 Å². The molecule has 0 aromatic carbocycles. The van der Waals surface area contributed by atoms with Gasteiger partial charge >= 0.3 is 121 Å². The summed E-state index contributed by atoms with van der Waals surface area (Å²) >= 11 is 0. The molecule has 0 aliphatic carbocycles. The van der Waals surface area contributed by atoms with Gasteiger partial charge in [0.15, 0.2) is 0 Å². The van der Waals surface area contributed by atoms with Gasteiger partial charge in [-0.3, -0.25) is 9.59 Å². The average molecular weight is 266 g/mol. The number of carbonyl (C=O) groups excluding carboxylic acids is 2. The summed E-state index contributed by atoms with van der Waals surface area (Å²) in [6.45, 7) is 3.10. The number of carboxylic acid groups (broad SMARTS) is 1. The maximum absolute atomic E-state index is 10.7. The second-order valence-corrected chi connectivity index (χ2v) is 2.24. The molecular weight excluding hydrogens is 254 g/mol. The van der Waals surface area contributed by atoms with E-state index in [1.54, 1.807) is 0 Å². The van der Waals surface area contributed by atoms with Crippen molar-refractivity contribution in [1.82, 2.24) is 0 Å². The molecule has 5 nitrogen and oxygen atoms in total. The second-order valence-electron chi connectivity index (χ2n) is 2.24. The van der Waals surface area contributed by atoms with Crippen LogP contribution in [0.1, 0.15) is 19.3 Å². The molecule has 76 valence electrons. The molecule has 0 amide bonds. The van der Waals surface area contributed by atoms with E-state index in [0.717, 1.165) is 6.08 Å². The van der Waals surface area contributed by atoms with E-state index in [1.807, 2.05) is 0 Å². The monoisotopic (exact) mass is 266 g/mol. The Morgan fingerprint density at radius 2 is 1.73 bits per heavy atom. The molecule has 0 bridgehead atoms. The van der Waals surface area contributed by atoms with Crippen LogP contribution in [0.3, 0.4) is 0 Å². The average Bonchev–Trinajstić information content (AvgIpc) is 2.03. The molecule has 0 fully saturated rings. The van der Waals surface area contributed by atoms with Crippen LogP contribution in [0.15, 0.2) is 12.7 Å². The molecule has 0 spiro atoms. The fourth-order valence-corrected chi connectivity index (χ4v) is 0.589. The van der Waals surface area contributed by atoms with Crippen LogP contribution in [0.4, 0.5) is 0 Å². The number of esters is 2. The molecule has 0 radical (unpaired) electrons. The summed E-state index contributed by atoms with van der Waals surface area (Å²) in [6, 6.07) is 0. The van der Waals surface area contributed by atoms with E-state index in [9.17, 15) is 14.4 Å². The zero-order valence-electron chi connectivity index (χ0n) is 6.99. The fraction of sp³-hybridized carbons (Fsp3) is 0.375. The minimum absolute atomic E-state index is 0. The summed E-state index contributed by atoms with van der Waals surface area (Å²) in [5, 5.41) is 8.22. The molecule has 0 rings (SSSR count). The molecule has 0 heterocycles. The number of hydrogen-bond donors (Lipinski definition) is 1. The van der Waals surface area contributed by atoms with Gasteiger partial charge in [-0.1, -0.05) is 6.58 Å². The normalized spacial score (nSPS) is 7.73. The molecule has 0 aromatic heterocycles. The number of aliphatic carboxylic acids is 1. The molecule has 0 saturated heterocycles. The van der Waals surface area contributed by atoms with Gasteiger partial charge in [0.05, 0.1) is 0 Å². The third-order valence-corrected chi connectivity index (χ3v) is 1.15. The van der Waals surface area contributed by atoms with Crippen molar-refractivity contribution in [3.05, 3.63) is 12.7 Å². The van der Waals surface area contributed by atoms with Crippen molar-refractivity contribution < 1.29 is 24.2 Å². The Morgan fingerprint density at radius 1 is 1.20 bits per heavy atom. The van der Waals surface area contributed by atoms with E-state index in [1.165, 1.54) is 0 Å². The molecule has 0 aliphatic heterocycles.